The van der Waals surface area contributed by atoms with Crippen molar-refractivity contribution < 1.29 is 4.43 Å². The van der Waals surface area contributed by atoms with Gasteiger partial charge in [0.2, 0.25) is 0 Å². The Kier molecular flexibility index (Phi) is 7.29. The first-order valence-electron chi connectivity index (χ1n) is 5.32. The van der Waals surface area contributed by atoms with E-state index >= 15 is 0 Å². The van der Waals surface area contributed by atoms with Gasteiger partial charge in [0.1, 0.15) is 0 Å². The van der Waals surface area contributed by atoms with E-state index in [0.29, 0.717) is 0 Å². The Morgan fingerprint density at radius 1 is 1.23 bits per heavy atom. The highest BCUT2D eigenvalue weighted by molar-refractivity contribution is 6.54. The maximum Gasteiger partial charge on any atom is 0.181 e. The fourth-order valence-electron chi connectivity index (χ4n) is 1.60. The molecule has 0 unspecified atom stereocenters. The number of hydrogen-bond donors (Lipinski definition) is 0. The molecule has 0 saturated carbocycles. The van der Waals surface area contributed by atoms with Gasteiger partial charge in [-0.1, -0.05) is 33.8 Å². The van der Waals surface area contributed by atoms with Crippen molar-refractivity contribution in [2.45, 2.75) is 51.6 Å². The van der Waals surface area contributed by atoms with Gasteiger partial charge >= 0.3 is 0 Å². The molecule has 0 aliphatic carbocycles. The van der Waals surface area contributed by atoms with Crippen molar-refractivity contribution >= 4 is 9.04 Å². The number of hydrogen-bond acceptors (Lipinski definition) is 1. The van der Waals surface area contributed by atoms with E-state index in [1.807, 2.05) is 6.08 Å². The molecule has 78 valence electrons. The van der Waals surface area contributed by atoms with Gasteiger partial charge in [-0.2, -0.15) is 0 Å². The third-order valence-electron chi connectivity index (χ3n) is 2.18. The van der Waals surface area contributed by atoms with Gasteiger partial charge in [0.25, 0.3) is 0 Å². The van der Waals surface area contributed by atoms with Gasteiger partial charge in [-0.05, 0) is 23.9 Å². The Balaban J connectivity index is 3.63. The van der Waals surface area contributed by atoms with Crippen LogP contribution < -0.4 is 0 Å². The third-order valence-corrected chi connectivity index (χ3v) is 5.43. The molecule has 0 bridgehead atoms. The largest absolute Gasteiger partial charge is 0.420 e. The average molecular weight is 200 g/mol. The first-order chi connectivity index (χ1) is 6.09. The molecule has 0 rings (SSSR count). The molecule has 0 aromatic heterocycles. The summed E-state index contributed by atoms with van der Waals surface area (Å²) in [7, 11) is -0.957. The molecule has 0 aromatic rings. The lowest BCUT2D eigenvalue weighted by Gasteiger charge is -2.23. The van der Waals surface area contributed by atoms with E-state index in [1.165, 1.54) is 0 Å². The summed E-state index contributed by atoms with van der Waals surface area (Å²) in [6.07, 6.45) is 4.18. The second-order valence-corrected chi connectivity index (χ2v) is 8.18. The van der Waals surface area contributed by atoms with Crippen LogP contribution in [0.5, 0.6) is 0 Å². The number of allylic oxidation sites excluding steroid dienone is 1. The second kappa shape index (κ2) is 7.33. The number of unbranched alkanes of at least 4 members (excludes halogenated alkanes) is 1. The average Bonchev–Trinajstić information content (AvgIpc) is 2.02. The van der Waals surface area contributed by atoms with E-state index in [4.69, 9.17) is 4.43 Å². The fraction of sp³-hybridized carbons (Fsp3) is 0.818. The summed E-state index contributed by atoms with van der Waals surface area (Å²) in [5.74, 6) is 0. The Morgan fingerprint density at radius 2 is 1.77 bits per heavy atom. The third kappa shape index (κ3) is 6.05. The lowest BCUT2D eigenvalue weighted by atomic mass is 10.3. The highest BCUT2D eigenvalue weighted by atomic mass is 28.3. The molecule has 1 nitrogen and oxygen atoms in total. The van der Waals surface area contributed by atoms with Gasteiger partial charge in [-0.3, -0.25) is 0 Å². The van der Waals surface area contributed by atoms with Crippen molar-refractivity contribution in [3.8, 4) is 0 Å². The van der Waals surface area contributed by atoms with Crippen LogP contribution in [0.15, 0.2) is 12.7 Å². The smallest absolute Gasteiger partial charge is 0.181 e. The summed E-state index contributed by atoms with van der Waals surface area (Å²) < 4.78 is 5.96. The van der Waals surface area contributed by atoms with E-state index in [0.717, 1.165) is 30.5 Å². The van der Waals surface area contributed by atoms with Crippen LogP contribution in [-0.2, 0) is 4.43 Å². The molecule has 2 heteroatoms. The van der Waals surface area contributed by atoms with Crippen LogP contribution in [-0.4, -0.2) is 15.6 Å². The molecule has 0 fully saturated rings. The standard InChI is InChI=1S/C11H24OSi/c1-6-7-8-9-12-13(10(2)3)11(4)5/h6,10-11,13H,1,7-9H2,2-5H3. The molecule has 0 radical (unpaired) electrons. The van der Waals surface area contributed by atoms with E-state index in [2.05, 4.69) is 34.3 Å². The molecule has 0 aliphatic heterocycles. The van der Waals surface area contributed by atoms with Crippen molar-refractivity contribution in [1.82, 2.24) is 0 Å². The van der Waals surface area contributed by atoms with Gasteiger partial charge in [0.15, 0.2) is 9.04 Å². The molecule has 0 N–H and O–H groups in total. The van der Waals surface area contributed by atoms with Gasteiger partial charge in [-0.25, -0.2) is 0 Å². The monoisotopic (exact) mass is 200 g/mol. The molecule has 0 spiro atoms. The Bertz CT molecular complexity index is 124. The van der Waals surface area contributed by atoms with Crippen LogP contribution in [0.4, 0.5) is 0 Å². The molecule has 0 atom stereocenters. The van der Waals surface area contributed by atoms with Gasteiger partial charge in [0.05, 0.1) is 0 Å². The van der Waals surface area contributed by atoms with Crippen LogP contribution in [0, 0.1) is 0 Å². The van der Waals surface area contributed by atoms with E-state index < -0.39 is 9.04 Å². The van der Waals surface area contributed by atoms with Crippen molar-refractivity contribution in [2.24, 2.45) is 0 Å². The molecule has 0 aromatic carbocycles. The van der Waals surface area contributed by atoms with Crippen LogP contribution in [0.1, 0.15) is 40.5 Å². The molecule has 0 aliphatic rings. The van der Waals surface area contributed by atoms with Crippen LogP contribution in [0.2, 0.25) is 11.1 Å². The Morgan fingerprint density at radius 3 is 2.15 bits per heavy atom. The van der Waals surface area contributed by atoms with Crippen LogP contribution in [0.3, 0.4) is 0 Å². The lowest BCUT2D eigenvalue weighted by Crippen LogP contribution is -2.25. The first-order valence-corrected chi connectivity index (χ1v) is 7.12. The Labute approximate surface area is 84.9 Å². The minimum Gasteiger partial charge on any atom is -0.420 e. The summed E-state index contributed by atoms with van der Waals surface area (Å²) >= 11 is 0. The van der Waals surface area contributed by atoms with Gasteiger partial charge < -0.3 is 4.43 Å². The maximum absolute atomic E-state index is 5.96. The summed E-state index contributed by atoms with van der Waals surface area (Å²) in [5.41, 5.74) is 1.51. The van der Waals surface area contributed by atoms with Crippen molar-refractivity contribution in [3.05, 3.63) is 12.7 Å². The van der Waals surface area contributed by atoms with Crippen molar-refractivity contribution in [3.63, 3.8) is 0 Å². The molecule has 13 heavy (non-hydrogen) atoms. The van der Waals surface area contributed by atoms with Crippen molar-refractivity contribution in [1.29, 1.82) is 0 Å². The van der Waals surface area contributed by atoms with E-state index in [9.17, 15) is 0 Å². The van der Waals surface area contributed by atoms with E-state index in [1.54, 1.807) is 0 Å². The zero-order valence-corrected chi connectivity index (χ0v) is 10.7. The zero-order valence-electron chi connectivity index (χ0n) is 9.55. The topological polar surface area (TPSA) is 9.23 Å². The SMILES string of the molecule is C=CCCCO[SiH](C(C)C)C(C)C. The highest BCUT2D eigenvalue weighted by Crippen LogP contribution is 2.20. The highest BCUT2D eigenvalue weighted by Gasteiger charge is 2.20. The molecule has 0 amide bonds. The molecule has 0 saturated heterocycles. The van der Waals surface area contributed by atoms with Crippen LogP contribution >= 0.6 is 0 Å². The van der Waals surface area contributed by atoms with Gasteiger partial charge in [-0.15, -0.1) is 6.58 Å². The zero-order chi connectivity index (χ0) is 10.3. The van der Waals surface area contributed by atoms with Crippen LogP contribution in [0.25, 0.3) is 0 Å². The lowest BCUT2D eigenvalue weighted by molar-refractivity contribution is 0.302. The van der Waals surface area contributed by atoms with Crippen molar-refractivity contribution in [2.75, 3.05) is 6.61 Å². The first kappa shape index (κ1) is 12.9. The molecular formula is C11H24OSi. The summed E-state index contributed by atoms with van der Waals surface area (Å²) in [6, 6.07) is 0. The maximum atomic E-state index is 5.96. The minimum absolute atomic E-state index is 0.753. The predicted molar refractivity (Wildman–Crippen MR) is 62.7 cm³/mol. The molecular weight excluding hydrogens is 176 g/mol. The quantitative estimate of drug-likeness (QED) is 0.347. The summed E-state index contributed by atoms with van der Waals surface area (Å²) in [6.45, 7) is 13.8. The summed E-state index contributed by atoms with van der Waals surface area (Å²) in [5, 5.41) is 0. The fourth-order valence-corrected chi connectivity index (χ4v) is 4.35. The number of rotatable bonds is 7. The Hall–Kier alpha value is -0.0831. The normalized spacial score (nSPS) is 11.6. The minimum atomic E-state index is -0.957. The predicted octanol–water partition coefficient (Wildman–Crippen LogP) is 3.51. The summed E-state index contributed by atoms with van der Waals surface area (Å²) in [4.78, 5) is 0. The van der Waals surface area contributed by atoms with E-state index in [-0.39, 0.29) is 0 Å². The molecule has 0 heterocycles. The second-order valence-electron chi connectivity index (χ2n) is 4.25. The van der Waals surface area contributed by atoms with Gasteiger partial charge in [0, 0.05) is 6.61 Å².